The maximum atomic E-state index is 12.6. The Balaban J connectivity index is 1.95. The molecule has 1 atom stereocenters. The molecule has 1 saturated heterocycles. The molecule has 7 heteroatoms. The molecule has 1 aliphatic heterocycles. The SMILES string of the molecule is Cc1ccc([C@H](C)C(=O)N2CCC(N(C)S(C)(=O)=O)CC2)s1. The van der Waals surface area contributed by atoms with Gasteiger partial charge < -0.3 is 4.90 Å². The van der Waals surface area contributed by atoms with Gasteiger partial charge in [-0.2, -0.15) is 0 Å². The Kier molecular flexibility index (Phi) is 5.29. The van der Waals surface area contributed by atoms with E-state index in [1.165, 1.54) is 15.4 Å². The zero-order valence-electron chi connectivity index (χ0n) is 13.6. The molecular formula is C15H24N2O3S2. The first-order valence-electron chi connectivity index (χ1n) is 7.48. The van der Waals surface area contributed by atoms with Crippen molar-refractivity contribution in [3.05, 3.63) is 21.9 Å². The molecule has 1 aliphatic rings. The van der Waals surface area contributed by atoms with Gasteiger partial charge in [0.05, 0.1) is 12.2 Å². The molecule has 0 aromatic carbocycles. The van der Waals surface area contributed by atoms with E-state index in [4.69, 9.17) is 0 Å². The standard InChI is InChI=1S/C15H24N2O3S2/c1-11-5-6-14(21-11)12(2)15(18)17-9-7-13(8-10-17)16(3)22(4,19)20/h5-6,12-13H,7-10H2,1-4H3/t12-/m0/s1. The van der Waals surface area contributed by atoms with E-state index in [2.05, 4.69) is 0 Å². The molecular weight excluding hydrogens is 320 g/mol. The van der Waals surface area contributed by atoms with Gasteiger partial charge in [-0.3, -0.25) is 4.79 Å². The Hall–Kier alpha value is -0.920. The molecule has 1 fully saturated rings. The molecule has 0 saturated carbocycles. The molecule has 0 spiro atoms. The Morgan fingerprint density at radius 3 is 2.41 bits per heavy atom. The van der Waals surface area contributed by atoms with Gasteiger partial charge in [-0.25, -0.2) is 12.7 Å². The minimum atomic E-state index is -3.17. The number of rotatable bonds is 4. The number of hydrogen-bond donors (Lipinski definition) is 0. The second-order valence-corrected chi connectivity index (χ2v) is 9.37. The number of piperidine rings is 1. The predicted octanol–water partition coefficient (Wildman–Crippen LogP) is 2.04. The molecule has 0 bridgehead atoms. The van der Waals surface area contributed by atoms with Crippen molar-refractivity contribution in [2.24, 2.45) is 0 Å². The second-order valence-electron chi connectivity index (χ2n) is 6.01. The summed E-state index contributed by atoms with van der Waals surface area (Å²) < 4.78 is 24.6. The summed E-state index contributed by atoms with van der Waals surface area (Å²) in [6.45, 7) is 5.23. The number of likely N-dealkylation sites (tertiary alicyclic amines) is 1. The van der Waals surface area contributed by atoms with Crippen molar-refractivity contribution in [3.8, 4) is 0 Å². The third-order valence-electron chi connectivity index (χ3n) is 4.37. The highest BCUT2D eigenvalue weighted by molar-refractivity contribution is 7.88. The summed E-state index contributed by atoms with van der Waals surface area (Å²) in [7, 11) is -1.55. The van der Waals surface area contributed by atoms with Crippen LogP contribution < -0.4 is 0 Å². The van der Waals surface area contributed by atoms with E-state index in [-0.39, 0.29) is 17.9 Å². The van der Waals surface area contributed by atoms with Gasteiger partial charge in [-0.15, -0.1) is 11.3 Å². The maximum Gasteiger partial charge on any atom is 0.230 e. The Morgan fingerprint density at radius 2 is 1.95 bits per heavy atom. The summed E-state index contributed by atoms with van der Waals surface area (Å²) >= 11 is 1.66. The third-order valence-corrected chi connectivity index (χ3v) is 6.90. The van der Waals surface area contributed by atoms with Gasteiger partial charge in [0.2, 0.25) is 15.9 Å². The highest BCUT2D eigenvalue weighted by Gasteiger charge is 2.31. The van der Waals surface area contributed by atoms with E-state index >= 15 is 0 Å². The van der Waals surface area contributed by atoms with Gasteiger partial charge in [-0.1, -0.05) is 0 Å². The van der Waals surface area contributed by atoms with Crippen LogP contribution in [-0.2, 0) is 14.8 Å². The fourth-order valence-electron chi connectivity index (χ4n) is 2.80. The summed E-state index contributed by atoms with van der Waals surface area (Å²) in [5.74, 6) is 0.0187. The number of nitrogens with zero attached hydrogens (tertiary/aromatic N) is 2. The molecule has 0 radical (unpaired) electrons. The Morgan fingerprint density at radius 1 is 1.36 bits per heavy atom. The number of thiophene rings is 1. The molecule has 22 heavy (non-hydrogen) atoms. The second kappa shape index (κ2) is 6.68. The maximum absolute atomic E-state index is 12.6. The number of carbonyl (C=O) groups excluding carboxylic acids is 1. The molecule has 0 N–H and O–H groups in total. The Bertz CT molecular complexity index is 631. The zero-order chi connectivity index (χ0) is 16.5. The molecule has 1 amide bonds. The van der Waals surface area contributed by atoms with Crippen molar-refractivity contribution < 1.29 is 13.2 Å². The van der Waals surface area contributed by atoms with E-state index in [0.717, 1.165) is 4.88 Å². The van der Waals surface area contributed by atoms with Crippen LogP contribution in [0.5, 0.6) is 0 Å². The summed E-state index contributed by atoms with van der Waals surface area (Å²) in [6, 6.07) is 4.06. The third kappa shape index (κ3) is 3.88. The van der Waals surface area contributed by atoms with Crippen molar-refractivity contribution in [2.75, 3.05) is 26.4 Å². The van der Waals surface area contributed by atoms with Crippen molar-refractivity contribution in [1.29, 1.82) is 0 Å². The quantitative estimate of drug-likeness (QED) is 0.840. The average molecular weight is 345 g/mol. The number of sulfonamides is 1. The molecule has 2 rings (SSSR count). The van der Waals surface area contributed by atoms with Crippen LogP contribution in [0.25, 0.3) is 0 Å². The van der Waals surface area contributed by atoms with E-state index in [1.807, 2.05) is 30.9 Å². The number of amides is 1. The molecule has 1 aromatic rings. The van der Waals surface area contributed by atoms with E-state index in [9.17, 15) is 13.2 Å². The number of hydrogen-bond acceptors (Lipinski definition) is 4. The van der Waals surface area contributed by atoms with Gasteiger partial charge in [0, 0.05) is 35.9 Å². The topological polar surface area (TPSA) is 57.7 Å². The normalized spacial score (nSPS) is 18.7. The van der Waals surface area contributed by atoms with E-state index in [0.29, 0.717) is 25.9 Å². The highest BCUT2D eigenvalue weighted by Crippen LogP contribution is 2.27. The molecule has 0 unspecified atom stereocenters. The van der Waals surface area contributed by atoms with Gasteiger partial charge in [0.15, 0.2) is 0 Å². The predicted molar refractivity (Wildman–Crippen MR) is 89.7 cm³/mol. The largest absolute Gasteiger partial charge is 0.342 e. The molecule has 0 aliphatic carbocycles. The molecule has 124 valence electrons. The minimum Gasteiger partial charge on any atom is -0.342 e. The van der Waals surface area contributed by atoms with Crippen LogP contribution in [0.3, 0.4) is 0 Å². The Labute approximate surface area is 137 Å². The van der Waals surface area contributed by atoms with Crippen LogP contribution in [0.15, 0.2) is 12.1 Å². The van der Waals surface area contributed by atoms with Gasteiger partial charge in [0.1, 0.15) is 0 Å². The van der Waals surface area contributed by atoms with Crippen molar-refractivity contribution in [2.45, 2.75) is 38.6 Å². The van der Waals surface area contributed by atoms with Crippen LogP contribution in [0, 0.1) is 6.92 Å². The summed E-state index contributed by atoms with van der Waals surface area (Å²) in [5, 5.41) is 0. The van der Waals surface area contributed by atoms with Crippen LogP contribution in [0.4, 0.5) is 0 Å². The first kappa shape index (κ1) is 17.4. The minimum absolute atomic E-state index is 0.00154. The van der Waals surface area contributed by atoms with Crippen LogP contribution in [-0.4, -0.2) is 56.0 Å². The van der Waals surface area contributed by atoms with Crippen molar-refractivity contribution in [3.63, 3.8) is 0 Å². The van der Waals surface area contributed by atoms with Crippen molar-refractivity contribution >= 4 is 27.3 Å². The summed E-state index contributed by atoms with van der Waals surface area (Å²) in [5.41, 5.74) is 0. The summed E-state index contributed by atoms with van der Waals surface area (Å²) in [4.78, 5) is 16.8. The average Bonchev–Trinajstić information content (AvgIpc) is 2.90. The first-order valence-corrected chi connectivity index (χ1v) is 10.1. The van der Waals surface area contributed by atoms with Crippen molar-refractivity contribution in [1.82, 2.24) is 9.21 Å². The lowest BCUT2D eigenvalue weighted by Crippen LogP contribution is -2.47. The van der Waals surface area contributed by atoms with Gasteiger partial charge >= 0.3 is 0 Å². The lowest BCUT2D eigenvalue weighted by atomic mass is 10.0. The van der Waals surface area contributed by atoms with Crippen LogP contribution >= 0.6 is 11.3 Å². The lowest BCUT2D eigenvalue weighted by Gasteiger charge is -2.36. The monoisotopic (exact) mass is 344 g/mol. The van der Waals surface area contributed by atoms with E-state index in [1.54, 1.807) is 18.4 Å². The fraction of sp³-hybridized carbons (Fsp3) is 0.667. The number of aryl methyl sites for hydroxylation is 1. The lowest BCUT2D eigenvalue weighted by molar-refractivity contribution is -0.133. The smallest absolute Gasteiger partial charge is 0.230 e. The van der Waals surface area contributed by atoms with Gasteiger partial charge in [0.25, 0.3) is 0 Å². The first-order chi connectivity index (χ1) is 10.2. The van der Waals surface area contributed by atoms with Crippen LogP contribution in [0.2, 0.25) is 0 Å². The molecule has 1 aromatic heterocycles. The van der Waals surface area contributed by atoms with Crippen LogP contribution in [0.1, 0.15) is 35.4 Å². The highest BCUT2D eigenvalue weighted by atomic mass is 32.2. The summed E-state index contributed by atoms with van der Waals surface area (Å²) in [6.07, 6.45) is 2.63. The molecule has 5 nitrogen and oxygen atoms in total. The number of carbonyl (C=O) groups is 1. The zero-order valence-corrected chi connectivity index (χ0v) is 15.2. The van der Waals surface area contributed by atoms with E-state index < -0.39 is 10.0 Å². The molecule has 2 heterocycles. The fourth-order valence-corrected chi connectivity index (χ4v) is 4.48. The van der Waals surface area contributed by atoms with Gasteiger partial charge in [-0.05, 0) is 38.8 Å².